The number of benzene rings is 19. The summed E-state index contributed by atoms with van der Waals surface area (Å²) in [6.45, 7) is 4.69. The smallest absolute Gasteiger partial charge is 0.160 e. The number of rotatable bonds is 10. The van der Waals surface area contributed by atoms with Crippen molar-refractivity contribution in [2.24, 2.45) is 0 Å². The van der Waals surface area contributed by atoms with Crippen LogP contribution in [0.1, 0.15) is 25.0 Å². The quantitative estimate of drug-likeness (QED) is 0.127. The molecule has 6 nitrogen and oxygen atoms in total. The van der Waals surface area contributed by atoms with Gasteiger partial charge in [0.25, 0.3) is 0 Å². The Bertz CT molecular complexity index is 7610. The second kappa shape index (κ2) is 30.4. The first-order valence-corrected chi connectivity index (χ1v) is 40.6. The summed E-state index contributed by atoms with van der Waals surface area (Å²) in [6, 6.07) is 150. The molecule has 0 atom stereocenters. The lowest BCUT2D eigenvalue weighted by Crippen LogP contribution is -2.15. The molecule has 3 heterocycles. The van der Waals surface area contributed by atoms with E-state index in [-0.39, 0.29) is 5.41 Å². The molecule has 0 amide bonds. The summed E-state index contributed by atoms with van der Waals surface area (Å²) in [6.07, 6.45) is 0. The zero-order valence-corrected chi connectivity index (χ0v) is 65.6. The fourth-order valence-corrected chi connectivity index (χ4v) is 17.4. The van der Waals surface area contributed by atoms with Crippen LogP contribution in [0, 0.1) is 0 Å². The summed E-state index contributed by atoms with van der Waals surface area (Å²) < 4.78 is 0. The maximum absolute atomic E-state index is 5.21. The summed E-state index contributed by atoms with van der Waals surface area (Å²) in [5, 5.41) is 13.8. The van der Waals surface area contributed by atoms with Gasteiger partial charge in [-0.3, -0.25) is 0 Å². The fourth-order valence-electron chi connectivity index (χ4n) is 17.4. The second-order valence-electron chi connectivity index (χ2n) is 31.2. The van der Waals surface area contributed by atoms with Crippen LogP contribution in [-0.4, -0.2) is 29.9 Å². The third kappa shape index (κ3) is 13.5. The minimum absolute atomic E-state index is 0.0770. The van der Waals surface area contributed by atoms with E-state index in [2.05, 4.69) is 378 Å². The number of hydrogen-bond donors (Lipinski definition) is 0. The second-order valence-corrected chi connectivity index (χ2v) is 31.2. The Morgan fingerprint density at radius 2 is 0.479 bits per heavy atom. The lowest BCUT2D eigenvalue weighted by molar-refractivity contribution is 0.661. The Morgan fingerprint density at radius 1 is 0.160 bits per heavy atom. The summed E-state index contributed by atoms with van der Waals surface area (Å²) in [7, 11) is 0. The average Bonchev–Trinajstić information content (AvgIpc) is 1.62. The van der Waals surface area contributed by atoms with Crippen molar-refractivity contribution in [3.8, 4) is 123 Å². The Kier molecular flexibility index (Phi) is 18.2. The van der Waals surface area contributed by atoms with Gasteiger partial charge in [-0.05, 0) is 187 Å². The van der Waals surface area contributed by atoms with Gasteiger partial charge in [0.15, 0.2) is 5.82 Å². The molecule has 119 heavy (non-hydrogen) atoms. The summed E-state index contributed by atoms with van der Waals surface area (Å²) >= 11 is 0. The Hall–Kier alpha value is -15.5. The van der Waals surface area contributed by atoms with Crippen molar-refractivity contribution in [3.05, 3.63) is 436 Å². The zero-order valence-electron chi connectivity index (χ0n) is 65.6. The highest BCUT2D eigenvalue weighted by Crippen LogP contribution is 2.51. The van der Waals surface area contributed by atoms with Gasteiger partial charge in [-0.1, -0.05) is 372 Å². The fraction of sp³-hybridized carbons (Fsp3) is 0.0265. The highest BCUT2D eigenvalue weighted by atomic mass is 14.9. The Labute approximate surface area is 690 Å². The monoisotopic (exact) mass is 1520 g/mol. The molecule has 19 aromatic carbocycles. The molecule has 1 aliphatic rings. The van der Waals surface area contributed by atoms with Crippen molar-refractivity contribution in [2.75, 3.05) is 0 Å². The predicted octanol–water partition coefficient (Wildman–Crippen LogP) is 29.6. The van der Waals surface area contributed by atoms with E-state index in [1.54, 1.807) is 0 Å². The van der Waals surface area contributed by atoms with Gasteiger partial charge in [-0.25, -0.2) is 29.9 Å². The third-order valence-electron chi connectivity index (χ3n) is 23.5. The third-order valence-corrected chi connectivity index (χ3v) is 23.5. The normalized spacial score (nSPS) is 12.0. The van der Waals surface area contributed by atoms with Crippen molar-refractivity contribution in [1.29, 1.82) is 0 Å². The van der Waals surface area contributed by atoms with E-state index in [9.17, 15) is 0 Å². The van der Waals surface area contributed by atoms with E-state index in [0.717, 1.165) is 117 Å². The Morgan fingerprint density at radius 3 is 0.975 bits per heavy atom. The first-order chi connectivity index (χ1) is 58.7. The highest BCUT2D eigenvalue weighted by Gasteiger charge is 2.36. The van der Waals surface area contributed by atoms with Crippen LogP contribution in [0.15, 0.2) is 425 Å². The minimum atomic E-state index is -0.0770. The predicted molar refractivity (Wildman–Crippen MR) is 498 cm³/mol. The van der Waals surface area contributed by atoms with E-state index in [4.69, 9.17) is 29.9 Å². The standard InChI is InChI=1S/C39H28N2.C38H24N2.C36H24N2/c1-39(2)33-23-29(17-19-31(33)32-21-27-15-9-10-16-28(27)22-34(32)39)30-18-20-35-36(24-30)41-38(26-13-7-4-8-14-26)37(40-35)25-11-5-3-6-12-25;1-3-11-25(12-4-1)37-38(26-13-5-2-6-14-26)40-36-24-28(20-22-35(36)39-37)27-19-21-33-31-17-8-7-15-29(31)30-16-9-10-18-32(30)34(33)23-27;1-3-10-28(11-4-1)35-33-24-32(21-22-34(33)37-36(38-35)29-12-5-2-6-13-29)27-17-15-26(16-18-27)31-20-19-25-9-7-8-14-30(25)23-31/h3-24H,1-2H3;1-24H;1-24H. The maximum Gasteiger partial charge on any atom is 0.160 e. The molecule has 1 aliphatic carbocycles. The topological polar surface area (TPSA) is 77.3 Å². The molecule has 3 aromatic heterocycles. The molecular weight excluding hydrogens is 1440 g/mol. The number of hydrogen-bond acceptors (Lipinski definition) is 6. The SMILES string of the molecule is CC1(C)c2cc(-c3ccc4nc(-c5ccccc5)c(-c5ccccc5)nc4c3)ccc2-c2cc3ccccc3cc21.c1ccc(-c2nc(-c3ccccc3)c3cc(-c4ccc(-c5ccc6ccccc6c5)cc4)ccc3n2)cc1.c1ccc(-c2nc3ccc(-c4ccc5c6ccccc6c6ccccc6c5c4)cc3nc2-c2ccccc2)cc1. The Balaban J connectivity index is 0.000000111. The van der Waals surface area contributed by atoms with Crippen molar-refractivity contribution in [3.63, 3.8) is 0 Å². The van der Waals surface area contributed by atoms with Gasteiger partial charge in [-0.2, -0.15) is 0 Å². The van der Waals surface area contributed by atoms with Gasteiger partial charge in [0, 0.05) is 44.2 Å². The van der Waals surface area contributed by atoms with Crippen LogP contribution in [-0.2, 0) is 5.41 Å². The highest BCUT2D eigenvalue weighted by molar-refractivity contribution is 6.26. The molecule has 0 spiro atoms. The van der Waals surface area contributed by atoms with Crippen molar-refractivity contribution in [1.82, 2.24) is 29.9 Å². The van der Waals surface area contributed by atoms with Gasteiger partial charge < -0.3 is 0 Å². The molecule has 0 N–H and O–H groups in total. The van der Waals surface area contributed by atoms with E-state index in [1.807, 2.05) is 60.7 Å². The number of aromatic nitrogens is 6. The summed E-state index contributed by atoms with van der Waals surface area (Å²) in [5.74, 6) is 0.740. The largest absolute Gasteiger partial charge is 0.244 e. The van der Waals surface area contributed by atoms with Crippen LogP contribution in [0.25, 0.3) is 210 Å². The molecule has 0 aliphatic heterocycles. The molecular formula is C113H76N6. The lowest BCUT2D eigenvalue weighted by atomic mass is 9.81. The molecule has 0 unspecified atom stereocenters. The van der Waals surface area contributed by atoms with Crippen molar-refractivity contribution < 1.29 is 0 Å². The molecule has 0 fully saturated rings. The van der Waals surface area contributed by atoms with Crippen LogP contribution < -0.4 is 0 Å². The van der Waals surface area contributed by atoms with E-state index in [0.29, 0.717) is 0 Å². The molecule has 0 saturated carbocycles. The molecule has 0 bridgehead atoms. The molecule has 0 radical (unpaired) electrons. The van der Waals surface area contributed by atoms with Crippen LogP contribution >= 0.6 is 0 Å². The summed E-state index contributed by atoms with van der Waals surface area (Å²) in [4.78, 5) is 30.6. The van der Waals surface area contributed by atoms with Crippen LogP contribution in [0.2, 0.25) is 0 Å². The molecule has 558 valence electrons. The number of nitrogens with zero attached hydrogens (tertiary/aromatic N) is 6. The lowest BCUT2D eigenvalue weighted by Gasteiger charge is -2.22. The molecule has 0 saturated heterocycles. The maximum atomic E-state index is 5.21. The van der Waals surface area contributed by atoms with Gasteiger partial charge in [0.1, 0.15) is 0 Å². The van der Waals surface area contributed by atoms with Crippen LogP contribution in [0.3, 0.4) is 0 Å². The summed E-state index contributed by atoms with van der Waals surface area (Å²) in [5.41, 5.74) is 30.2. The first-order valence-electron chi connectivity index (χ1n) is 40.6. The molecule has 6 heteroatoms. The first kappa shape index (κ1) is 71.3. The average molecular weight is 1520 g/mol. The molecule has 22 aromatic rings. The van der Waals surface area contributed by atoms with Gasteiger partial charge >= 0.3 is 0 Å². The minimum Gasteiger partial charge on any atom is -0.244 e. The van der Waals surface area contributed by atoms with E-state index in [1.165, 1.54) is 104 Å². The van der Waals surface area contributed by atoms with Crippen LogP contribution in [0.5, 0.6) is 0 Å². The number of fused-ring (bicyclic) bond motifs is 14. The van der Waals surface area contributed by atoms with E-state index >= 15 is 0 Å². The van der Waals surface area contributed by atoms with Crippen molar-refractivity contribution in [2.45, 2.75) is 19.3 Å². The zero-order chi connectivity index (χ0) is 79.3. The van der Waals surface area contributed by atoms with Crippen LogP contribution in [0.4, 0.5) is 0 Å². The van der Waals surface area contributed by atoms with Gasteiger partial charge in [0.05, 0.1) is 56.1 Å². The van der Waals surface area contributed by atoms with Gasteiger partial charge in [-0.15, -0.1) is 0 Å². The molecule has 23 rings (SSSR count). The van der Waals surface area contributed by atoms with E-state index < -0.39 is 0 Å². The van der Waals surface area contributed by atoms with Gasteiger partial charge in [0.2, 0.25) is 0 Å². The van der Waals surface area contributed by atoms with Crippen molar-refractivity contribution >= 4 is 86.8 Å².